The smallest absolute Gasteiger partial charge is 0.441 e. The minimum Gasteiger partial charge on any atom is -0.441 e. The van der Waals surface area contributed by atoms with Gasteiger partial charge < -0.3 is 128 Å². The van der Waals surface area contributed by atoms with E-state index in [1.54, 1.807) is 6.55 Å². The van der Waals surface area contributed by atoms with Crippen LogP contribution in [0.5, 0.6) is 0 Å². The molecule has 0 aliphatic rings. The van der Waals surface area contributed by atoms with Crippen molar-refractivity contribution < 1.29 is 128 Å². The molecule has 0 rings (SSSR count). The topological polar surface area (TPSA) is 286 Å². The molecule has 31 nitrogen and oxygen atoms in total. The van der Waals surface area contributed by atoms with Gasteiger partial charge in [-0.25, -0.2) is 0 Å². The molecule has 4 unspecified atom stereocenters. The average Bonchev–Trinajstić information content (AvgIpc) is 3.34. The van der Waals surface area contributed by atoms with Gasteiger partial charge in [0.15, 0.2) is 16.6 Å². The van der Waals surface area contributed by atoms with Crippen molar-refractivity contribution in [1.29, 1.82) is 0 Å². The van der Waals surface area contributed by atoms with Gasteiger partial charge in [0.1, 0.15) is 178 Å². The average molecular weight is 1590 g/mol. The van der Waals surface area contributed by atoms with Crippen molar-refractivity contribution in [3.05, 3.63) is 0 Å². The highest BCUT2D eigenvalue weighted by Gasteiger charge is 2.73. The van der Waals surface area contributed by atoms with Gasteiger partial charge in [-0.3, -0.25) is 0 Å². The summed E-state index contributed by atoms with van der Waals surface area (Å²) in [6.45, 7) is 17.7. The SMILES string of the molecule is C[SiH](O[SiH2]O[SiH](O[SiH3])O[Si](O[SiH3])(O[Si](C)(C)O[Si](C)(C)C)O[Si](O[SiH3])(O[SiH3])O[SiH3])O[Si](O[Si](O[SiH3])(O[SiH3])O[SiH3])(O[Si](O[SiH3])(O[SiH3])O[SiH3])O[Si](O[SiH3])(O[Si](O[SiH3])(O[SiH3])O[SiH3])O[Si](O[SiH3])(O[SiH3])O[SiH2]O[Si](C)(C)C. The number of rotatable bonds is 45. The third-order valence-corrected chi connectivity index (χ3v) is 75.6. The first kappa shape index (κ1) is 77.7. The molecule has 0 saturated carbocycles. The van der Waals surface area contributed by atoms with Crippen molar-refractivity contribution in [3.8, 4) is 0 Å². The Labute approximate surface area is 496 Å². The van der Waals surface area contributed by atoms with Crippen LogP contribution < -0.4 is 0 Å². The fourth-order valence-corrected chi connectivity index (χ4v) is 94.6. The Morgan fingerprint density at radius 3 is 0.931 bits per heavy atom. The zero-order chi connectivity index (χ0) is 56.0. The van der Waals surface area contributed by atoms with Crippen LogP contribution in [-0.4, -0.2) is 315 Å². The molecule has 72 heavy (non-hydrogen) atoms. The summed E-state index contributed by atoms with van der Waals surface area (Å²) in [5.74, 6) is 0. The molecule has 0 aliphatic carbocycles. The lowest BCUT2D eigenvalue weighted by Crippen LogP contribution is -2.75. The fraction of sp³-hybridized carbons (Fsp3) is 1.00. The summed E-state index contributed by atoms with van der Waals surface area (Å²) in [5, 5.41) is 0. The van der Waals surface area contributed by atoms with E-state index in [1.165, 1.54) is 0 Å². The van der Waals surface area contributed by atoms with Gasteiger partial charge in [0.2, 0.25) is 0 Å². The molecule has 0 aromatic carbocycles. The lowest BCUT2D eigenvalue weighted by atomic mass is 11.8. The highest BCUT2D eigenvalue weighted by molar-refractivity contribution is 6.90. The lowest BCUT2D eigenvalue weighted by molar-refractivity contribution is -0.00935. The Morgan fingerprint density at radius 2 is 0.611 bits per heavy atom. The molecule has 0 bridgehead atoms. The van der Waals surface area contributed by atoms with Crippen molar-refractivity contribution in [2.75, 3.05) is 0 Å². The molecule has 0 saturated heterocycles. The second kappa shape index (κ2) is 35.9. The van der Waals surface area contributed by atoms with E-state index in [0.717, 1.165) is 0 Å². The van der Waals surface area contributed by atoms with Crippen molar-refractivity contribution in [3.63, 3.8) is 0 Å². The van der Waals surface area contributed by atoms with Crippen molar-refractivity contribution in [2.24, 2.45) is 0 Å². The second-order valence-electron chi connectivity index (χ2n) is 15.9. The zero-order valence-corrected chi connectivity index (χ0v) is 96.9. The molecule has 63 heteroatoms. The summed E-state index contributed by atoms with van der Waals surface area (Å²) in [5.41, 5.74) is 0. The normalized spacial score (nSPS) is 21.8. The van der Waals surface area contributed by atoms with Crippen molar-refractivity contribution in [1.82, 2.24) is 0 Å². The van der Waals surface area contributed by atoms with E-state index in [4.69, 9.17) is 128 Å². The second-order valence-corrected chi connectivity index (χ2v) is 78.7. The van der Waals surface area contributed by atoms with Crippen LogP contribution in [0.4, 0.5) is 0 Å². The quantitative estimate of drug-likeness (QED) is 0.0512. The van der Waals surface area contributed by atoms with E-state index in [9.17, 15) is 0 Å². The van der Waals surface area contributed by atoms with E-state index in [0.29, 0.717) is 0 Å². The first-order valence-electron chi connectivity index (χ1n) is 21.2. The van der Waals surface area contributed by atoms with Crippen LogP contribution in [0.25, 0.3) is 0 Å². The molecule has 0 N–H and O–H groups in total. The Hall–Kier alpha value is 5.70. The summed E-state index contributed by atoms with van der Waals surface area (Å²) >= 11 is 0. The molecule has 0 fully saturated rings. The number of hydrogen-bond donors (Lipinski definition) is 0. The number of hydrogen-bond acceptors (Lipinski definition) is 31. The third-order valence-electron chi connectivity index (χ3n) is 8.40. The summed E-state index contributed by atoms with van der Waals surface area (Å²) in [6, 6.07) is 0. The van der Waals surface area contributed by atoms with Gasteiger partial charge in [0.25, 0.3) is 20.0 Å². The lowest BCUT2D eigenvalue weighted by Gasteiger charge is -2.44. The maximum atomic E-state index is 7.06. The molecule has 0 spiro atoms. The Balaban J connectivity index is 8.01. The maximum absolute atomic E-state index is 7.06. The highest BCUT2D eigenvalue weighted by atomic mass is 28.6. The molecule has 434 valence electrons. The molecule has 0 aromatic heterocycles. The van der Waals surface area contributed by atoms with Crippen LogP contribution in [0.1, 0.15) is 0 Å². The van der Waals surface area contributed by atoms with Crippen LogP contribution in [0, 0.1) is 0 Å². The van der Waals surface area contributed by atoms with Gasteiger partial charge in [-0.2, -0.15) is 0 Å². The predicted octanol–water partition coefficient (Wildman–Crippen LogP) is -24.3. The Bertz CT molecular complexity index is 1400. The first-order valence-corrected chi connectivity index (χ1v) is 63.6. The van der Waals surface area contributed by atoms with Crippen LogP contribution in [0.2, 0.25) is 58.9 Å². The monoisotopic (exact) mass is 1580 g/mol. The molecule has 0 amide bonds. The third kappa shape index (κ3) is 25.9. The predicted molar refractivity (Wildman–Crippen MR) is 350 cm³/mol. The molecular weight excluding hydrogens is 1500 g/mol. The van der Waals surface area contributed by atoms with E-state index >= 15 is 0 Å². The summed E-state index contributed by atoms with van der Waals surface area (Å²) in [6.07, 6.45) is 0. The van der Waals surface area contributed by atoms with Crippen LogP contribution in [-0.2, 0) is 128 Å². The molecule has 0 aromatic rings. The van der Waals surface area contributed by atoms with Crippen molar-refractivity contribution >= 4 is 315 Å². The van der Waals surface area contributed by atoms with Gasteiger partial charge in [0, 0.05) is 0 Å². The summed E-state index contributed by atoms with van der Waals surface area (Å²) < 4.78 is 195. The molecule has 0 aliphatic heterocycles. The first-order chi connectivity index (χ1) is 33.4. The van der Waals surface area contributed by atoms with Gasteiger partial charge >= 0.3 is 99.8 Å². The highest BCUT2D eigenvalue weighted by Crippen LogP contribution is 2.34. The molecule has 4 atom stereocenters. The van der Waals surface area contributed by atoms with E-state index in [-0.39, 0.29) is 178 Å². The molecule has 0 heterocycles. The van der Waals surface area contributed by atoms with Crippen LogP contribution >= 0.6 is 0 Å². The fourth-order valence-electron chi connectivity index (χ4n) is 5.29. The summed E-state index contributed by atoms with van der Waals surface area (Å²) in [7, 11) is -50.4. The van der Waals surface area contributed by atoms with Gasteiger partial charge in [0.05, 0.1) is 0 Å². The Kier molecular flexibility index (Phi) is 38.7. The minimum absolute atomic E-state index is 0.0809. The van der Waals surface area contributed by atoms with Gasteiger partial charge in [-0.1, -0.05) is 0 Å². The maximum Gasteiger partial charge on any atom is 0.652 e. The summed E-state index contributed by atoms with van der Waals surface area (Å²) in [4.78, 5) is 0. The Morgan fingerprint density at radius 1 is 0.292 bits per heavy atom. The van der Waals surface area contributed by atoms with E-state index in [1.807, 2.05) is 32.7 Å². The van der Waals surface area contributed by atoms with Crippen LogP contribution in [0.15, 0.2) is 0 Å². The van der Waals surface area contributed by atoms with Gasteiger partial charge in [-0.05, 0) is 58.9 Å². The van der Waals surface area contributed by atoms with Gasteiger partial charge in [-0.15, -0.1) is 0 Å². The molecular formula is C9H84O31Si32. The van der Waals surface area contributed by atoms with E-state index in [2.05, 4.69) is 19.6 Å². The zero-order valence-electron chi connectivity index (χ0n) is 46.7. The largest absolute Gasteiger partial charge is 0.652 e. The van der Waals surface area contributed by atoms with Crippen molar-refractivity contribution in [2.45, 2.75) is 58.9 Å². The van der Waals surface area contributed by atoms with Crippen LogP contribution in [0.3, 0.4) is 0 Å². The minimum atomic E-state index is -5.20. The standard InChI is InChI=1S/C9H84O31Si32/c1-60(27-58-28-61(10-41)32-70(25-56,35-65(11-42,12-43)13-44)34-64(8,9)33-63(5,6)7)31-72(37-67(17-48,18-49)19-50,38-68(20-51,21-52)22-53)40-71(26-57,36-66(14-45,15-46)16-47)39-69(23-54,24-55)30-59-29-62(2,3)4/h60-61H,58-59H2,1-9,41-57H3. The van der Waals surface area contributed by atoms with E-state index < -0.39 is 136 Å². The molecule has 0 radical (unpaired) electrons.